The summed E-state index contributed by atoms with van der Waals surface area (Å²) in [6, 6.07) is 7.03. The Morgan fingerprint density at radius 1 is 1.24 bits per heavy atom. The molecule has 0 radical (unpaired) electrons. The van der Waals surface area contributed by atoms with Crippen molar-refractivity contribution >= 4 is 17.6 Å². The number of rotatable bonds is 2. The van der Waals surface area contributed by atoms with Crippen molar-refractivity contribution in [3.8, 4) is 0 Å². The van der Waals surface area contributed by atoms with Gasteiger partial charge in [0.15, 0.2) is 0 Å². The fourth-order valence-corrected chi connectivity index (χ4v) is 1.50. The largest absolute Gasteiger partial charge is 0.338 e. The van der Waals surface area contributed by atoms with E-state index >= 15 is 0 Å². The van der Waals surface area contributed by atoms with Gasteiger partial charge in [0.2, 0.25) is 5.88 Å². The molecule has 0 saturated carbocycles. The lowest BCUT2D eigenvalue weighted by atomic mass is 10.1. The molecule has 5 heteroatoms. The summed E-state index contributed by atoms with van der Waals surface area (Å²) in [5.74, 6) is 0.312. The van der Waals surface area contributed by atoms with E-state index in [9.17, 15) is 4.79 Å². The molecule has 1 heterocycles. The van der Waals surface area contributed by atoms with E-state index in [-0.39, 0.29) is 6.03 Å². The molecule has 2 N–H and O–H groups in total. The van der Waals surface area contributed by atoms with E-state index in [4.69, 9.17) is 4.52 Å². The topological polar surface area (TPSA) is 67.2 Å². The molecule has 88 valence electrons. The van der Waals surface area contributed by atoms with Gasteiger partial charge < -0.3 is 9.84 Å². The van der Waals surface area contributed by atoms with Crippen LogP contribution in [0.15, 0.2) is 35.0 Å². The van der Waals surface area contributed by atoms with Crippen LogP contribution in [0.2, 0.25) is 0 Å². The van der Waals surface area contributed by atoms with Gasteiger partial charge in [-0.15, -0.1) is 0 Å². The van der Waals surface area contributed by atoms with Gasteiger partial charge in [-0.3, -0.25) is 5.32 Å². The summed E-state index contributed by atoms with van der Waals surface area (Å²) in [5, 5.41) is 8.76. The first-order valence-electron chi connectivity index (χ1n) is 5.21. The van der Waals surface area contributed by atoms with Crippen LogP contribution in [0.1, 0.15) is 11.1 Å². The molecule has 0 spiro atoms. The van der Waals surface area contributed by atoms with Crippen molar-refractivity contribution in [2.24, 2.45) is 0 Å². The van der Waals surface area contributed by atoms with Gasteiger partial charge in [0, 0.05) is 11.8 Å². The van der Waals surface area contributed by atoms with Gasteiger partial charge >= 0.3 is 6.03 Å². The van der Waals surface area contributed by atoms with E-state index in [2.05, 4.69) is 15.8 Å². The highest BCUT2D eigenvalue weighted by atomic mass is 16.5. The summed E-state index contributed by atoms with van der Waals surface area (Å²) in [6.45, 7) is 3.95. The number of carbonyl (C=O) groups is 1. The minimum absolute atomic E-state index is 0.312. The SMILES string of the molecule is Cc1ccc(NC(=O)Nc2ccno2)c(C)c1. The van der Waals surface area contributed by atoms with Gasteiger partial charge in [0.1, 0.15) is 0 Å². The molecule has 0 aliphatic heterocycles. The normalized spacial score (nSPS) is 10.0. The molecule has 2 rings (SSSR count). The molecule has 0 unspecified atom stereocenters. The Kier molecular flexibility index (Phi) is 3.09. The van der Waals surface area contributed by atoms with Crippen LogP contribution in [0.25, 0.3) is 0 Å². The third-order valence-electron chi connectivity index (χ3n) is 2.30. The van der Waals surface area contributed by atoms with Crippen LogP contribution < -0.4 is 10.6 Å². The van der Waals surface area contributed by atoms with Crippen LogP contribution in [0, 0.1) is 13.8 Å². The second kappa shape index (κ2) is 4.69. The molecule has 2 amide bonds. The zero-order chi connectivity index (χ0) is 12.3. The van der Waals surface area contributed by atoms with Crippen molar-refractivity contribution in [3.63, 3.8) is 0 Å². The fourth-order valence-electron chi connectivity index (χ4n) is 1.50. The third-order valence-corrected chi connectivity index (χ3v) is 2.30. The number of nitrogens with one attached hydrogen (secondary N) is 2. The monoisotopic (exact) mass is 231 g/mol. The summed E-state index contributed by atoms with van der Waals surface area (Å²) in [7, 11) is 0. The molecule has 0 bridgehead atoms. The van der Waals surface area contributed by atoms with E-state index in [1.807, 2.05) is 32.0 Å². The zero-order valence-electron chi connectivity index (χ0n) is 9.65. The Labute approximate surface area is 98.8 Å². The minimum Gasteiger partial charge on any atom is -0.338 e. The molecule has 0 saturated heterocycles. The number of benzene rings is 1. The highest BCUT2D eigenvalue weighted by Gasteiger charge is 2.06. The van der Waals surface area contributed by atoms with Crippen molar-refractivity contribution in [1.29, 1.82) is 0 Å². The molecular weight excluding hydrogens is 218 g/mol. The molecule has 0 aliphatic rings. The summed E-state index contributed by atoms with van der Waals surface area (Å²) < 4.78 is 4.77. The molecule has 1 aromatic heterocycles. The van der Waals surface area contributed by atoms with Gasteiger partial charge in [0.05, 0.1) is 6.20 Å². The number of hydrogen-bond acceptors (Lipinski definition) is 3. The van der Waals surface area contributed by atoms with Crippen LogP contribution in [0.4, 0.5) is 16.4 Å². The van der Waals surface area contributed by atoms with Gasteiger partial charge in [-0.1, -0.05) is 22.9 Å². The number of urea groups is 1. The molecule has 1 aromatic carbocycles. The Hall–Kier alpha value is -2.30. The van der Waals surface area contributed by atoms with E-state index in [0.29, 0.717) is 5.88 Å². The van der Waals surface area contributed by atoms with Crippen LogP contribution in [0.5, 0.6) is 0 Å². The maximum absolute atomic E-state index is 11.6. The zero-order valence-corrected chi connectivity index (χ0v) is 9.65. The quantitative estimate of drug-likeness (QED) is 0.835. The predicted octanol–water partition coefficient (Wildman–Crippen LogP) is 2.94. The Bertz CT molecular complexity index is 521. The second-order valence-electron chi connectivity index (χ2n) is 3.77. The first-order valence-corrected chi connectivity index (χ1v) is 5.21. The van der Waals surface area contributed by atoms with Gasteiger partial charge in [0.25, 0.3) is 0 Å². The van der Waals surface area contributed by atoms with E-state index in [0.717, 1.165) is 16.8 Å². The maximum atomic E-state index is 11.6. The Balaban J connectivity index is 2.03. The fraction of sp³-hybridized carbons (Fsp3) is 0.167. The predicted molar refractivity (Wildman–Crippen MR) is 65.1 cm³/mol. The molecular formula is C12H13N3O2. The van der Waals surface area contributed by atoms with E-state index in [1.54, 1.807) is 6.07 Å². The van der Waals surface area contributed by atoms with E-state index in [1.165, 1.54) is 6.20 Å². The highest BCUT2D eigenvalue weighted by Crippen LogP contribution is 2.16. The molecule has 5 nitrogen and oxygen atoms in total. The molecule has 17 heavy (non-hydrogen) atoms. The van der Waals surface area contributed by atoms with Gasteiger partial charge in [-0.2, -0.15) is 0 Å². The molecule has 2 aromatic rings. The minimum atomic E-state index is -0.353. The van der Waals surface area contributed by atoms with Gasteiger partial charge in [-0.25, -0.2) is 4.79 Å². The van der Waals surface area contributed by atoms with Crippen molar-refractivity contribution in [2.45, 2.75) is 13.8 Å². The average molecular weight is 231 g/mol. The summed E-state index contributed by atoms with van der Waals surface area (Å²) in [5.41, 5.74) is 2.94. The number of nitrogens with zero attached hydrogens (tertiary/aromatic N) is 1. The van der Waals surface area contributed by atoms with Crippen molar-refractivity contribution in [3.05, 3.63) is 41.6 Å². The van der Waals surface area contributed by atoms with Crippen LogP contribution in [-0.4, -0.2) is 11.2 Å². The smallest absolute Gasteiger partial charge is 0.326 e. The summed E-state index contributed by atoms with van der Waals surface area (Å²) >= 11 is 0. The van der Waals surface area contributed by atoms with Crippen LogP contribution >= 0.6 is 0 Å². The molecule has 0 atom stereocenters. The molecule has 0 fully saturated rings. The highest BCUT2D eigenvalue weighted by molar-refractivity contribution is 5.99. The van der Waals surface area contributed by atoms with Crippen LogP contribution in [0.3, 0.4) is 0 Å². The number of aryl methyl sites for hydroxylation is 2. The number of anilines is 2. The van der Waals surface area contributed by atoms with Crippen LogP contribution in [-0.2, 0) is 0 Å². The number of carbonyl (C=O) groups excluding carboxylic acids is 1. The maximum Gasteiger partial charge on any atom is 0.326 e. The first-order chi connectivity index (χ1) is 8.15. The number of aromatic nitrogens is 1. The lowest BCUT2D eigenvalue weighted by Gasteiger charge is -2.08. The number of hydrogen-bond donors (Lipinski definition) is 2. The Morgan fingerprint density at radius 3 is 2.71 bits per heavy atom. The molecule has 0 aliphatic carbocycles. The standard InChI is InChI=1S/C12H13N3O2/c1-8-3-4-10(9(2)7-8)14-12(16)15-11-5-6-13-17-11/h3-7H,1-2H3,(H2,14,15,16). The lowest BCUT2D eigenvalue weighted by Crippen LogP contribution is -2.19. The van der Waals surface area contributed by atoms with Crippen molar-refractivity contribution in [2.75, 3.05) is 10.6 Å². The first kappa shape index (κ1) is 11.2. The van der Waals surface area contributed by atoms with Crippen molar-refractivity contribution in [1.82, 2.24) is 5.16 Å². The number of amides is 2. The summed E-state index contributed by atoms with van der Waals surface area (Å²) in [6.07, 6.45) is 1.47. The third kappa shape index (κ3) is 2.84. The van der Waals surface area contributed by atoms with Crippen molar-refractivity contribution < 1.29 is 9.32 Å². The average Bonchev–Trinajstić information content (AvgIpc) is 2.75. The lowest BCUT2D eigenvalue weighted by molar-refractivity contribution is 0.261. The van der Waals surface area contributed by atoms with Gasteiger partial charge in [-0.05, 0) is 25.5 Å². The second-order valence-corrected chi connectivity index (χ2v) is 3.77. The van der Waals surface area contributed by atoms with E-state index < -0.39 is 0 Å². The summed E-state index contributed by atoms with van der Waals surface area (Å²) in [4.78, 5) is 11.6. The Morgan fingerprint density at radius 2 is 2.06 bits per heavy atom.